The highest BCUT2D eigenvalue weighted by molar-refractivity contribution is 5.98. The van der Waals surface area contributed by atoms with Crippen LogP contribution in [0.15, 0.2) is 24.3 Å². The molecule has 1 aromatic carbocycles. The molecule has 1 aliphatic heterocycles. The number of hydrogen-bond acceptors (Lipinski definition) is 3. The summed E-state index contributed by atoms with van der Waals surface area (Å²) in [6.07, 6.45) is 0.447. The molecule has 1 saturated heterocycles. The minimum absolute atomic E-state index is 0.00473. The Kier molecular flexibility index (Phi) is 5.98. The van der Waals surface area contributed by atoms with E-state index < -0.39 is 5.41 Å². The first-order valence-electron chi connectivity index (χ1n) is 8.85. The second kappa shape index (κ2) is 7.81. The summed E-state index contributed by atoms with van der Waals surface area (Å²) in [6, 6.07) is 7.42. The molecule has 1 heterocycles. The lowest BCUT2D eigenvalue weighted by atomic mass is 9.94. The van der Waals surface area contributed by atoms with Gasteiger partial charge < -0.3 is 9.80 Å². The molecule has 0 N–H and O–H groups in total. The molecule has 1 aromatic rings. The van der Waals surface area contributed by atoms with Crippen LogP contribution in [0.5, 0.6) is 0 Å². The highest BCUT2D eigenvalue weighted by atomic mass is 16.2. The fourth-order valence-corrected chi connectivity index (χ4v) is 2.90. The first-order valence-corrected chi connectivity index (χ1v) is 8.85. The maximum atomic E-state index is 12.3. The monoisotopic (exact) mass is 344 g/mol. The topological polar surface area (TPSA) is 57.7 Å². The van der Waals surface area contributed by atoms with Crippen molar-refractivity contribution in [3.05, 3.63) is 35.4 Å². The second-order valence-electron chi connectivity index (χ2n) is 7.71. The summed E-state index contributed by atoms with van der Waals surface area (Å²) >= 11 is 0. The number of hydrogen-bond donors (Lipinski definition) is 0. The molecule has 5 nitrogen and oxygen atoms in total. The van der Waals surface area contributed by atoms with Gasteiger partial charge >= 0.3 is 0 Å². The number of nitrogens with zero attached hydrogens (tertiary/aromatic N) is 2. The van der Waals surface area contributed by atoms with Crippen molar-refractivity contribution >= 4 is 17.6 Å². The van der Waals surface area contributed by atoms with E-state index in [1.807, 2.05) is 44.7 Å². The zero-order valence-corrected chi connectivity index (χ0v) is 15.7. The number of carbonyl (C=O) groups is 3. The van der Waals surface area contributed by atoms with Gasteiger partial charge in [0.25, 0.3) is 0 Å². The molecule has 25 heavy (non-hydrogen) atoms. The number of Topliss-reactive ketones (excluding diaryl/α,β-unsaturated/α-hetero) is 1. The van der Waals surface area contributed by atoms with Crippen LogP contribution in [-0.4, -0.2) is 53.6 Å². The minimum atomic E-state index is -0.396. The third-order valence-electron chi connectivity index (χ3n) is 4.50. The van der Waals surface area contributed by atoms with E-state index >= 15 is 0 Å². The van der Waals surface area contributed by atoms with Crippen molar-refractivity contribution in [2.45, 2.75) is 40.5 Å². The van der Waals surface area contributed by atoms with E-state index in [0.29, 0.717) is 31.7 Å². The van der Waals surface area contributed by atoms with E-state index in [4.69, 9.17) is 0 Å². The molecule has 136 valence electrons. The summed E-state index contributed by atoms with van der Waals surface area (Å²) in [4.78, 5) is 40.4. The molecule has 0 spiro atoms. The Morgan fingerprint density at radius 2 is 1.40 bits per heavy atom. The number of ketones is 1. The summed E-state index contributed by atoms with van der Waals surface area (Å²) in [6.45, 7) is 9.90. The zero-order valence-electron chi connectivity index (χ0n) is 15.7. The van der Waals surface area contributed by atoms with E-state index in [-0.39, 0.29) is 30.4 Å². The summed E-state index contributed by atoms with van der Waals surface area (Å²) in [5.41, 5.74) is 1.36. The third kappa shape index (κ3) is 5.15. The average Bonchev–Trinajstić information content (AvgIpc) is 2.58. The first kappa shape index (κ1) is 19.2. The maximum absolute atomic E-state index is 12.3. The molecule has 5 heteroatoms. The Morgan fingerprint density at radius 1 is 0.880 bits per heavy atom. The van der Waals surface area contributed by atoms with E-state index in [0.717, 1.165) is 5.56 Å². The van der Waals surface area contributed by atoms with Gasteiger partial charge in [0.1, 0.15) is 0 Å². The standard InChI is InChI=1S/C20H28N2O3/c1-15-5-7-16(8-6-15)17(23)9-10-18(24)21-11-13-22(14-12-21)19(25)20(2,3)4/h5-8H,9-14H2,1-4H3. The van der Waals surface area contributed by atoms with Crippen molar-refractivity contribution < 1.29 is 14.4 Å². The molecular formula is C20H28N2O3. The minimum Gasteiger partial charge on any atom is -0.339 e. The Balaban J connectivity index is 1.80. The molecular weight excluding hydrogens is 316 g/mol. The average molecular weight is 344 g/mol. The lowest BCUT2D eigenvalue weighted by Gasteiger charge is -2.37. The van der Waals surface area contributed by atoms with Gasteiger partial charge in [0.2, 0.25) is 11.8 Å². The van der Waals surface area contributed by atoms with Gasteiger partial charge in [0.15, 0.2) is 5.78 Å². The SMILES string of the molecule is Cc1ccc(C(=O)CCC(=O)N2CCN(C(=O)C(C)(C)C)CC2)cc1. The fourth-order valence-electron chi connectivity index (χ4n) is 2.90. The Hall–Kier alpha value is -2.17. The quantitative estimate of drug-likeness (QED) is 0.789. The van der Waals surface area contributed by atoms with Crippen molar-refractivity contribution in [3.8, 4) is 0 Å². The van der Waals surface area contributed by atoms with Gasteiger partial charge in [-0.15, -0.1) is 0 Å². The number of amides is 2. The molecule has 0 saturated carbocycles. The van der Waals surface area contributed by atoms with Crippen molar-refractivity contribution in [2.24, 2.45) is 5.41 Å². The van der Waals surface area contributed by atoms with Crippen molar-refractivity contribution in [3.63, 3.8) is 0 Å². The summed E-state index contributed by atoms with van der Waals surface area (Å²) in [5, 5.41) is 0. The first-order chi connectivity index (χ1) is 11.7. The van der Waals surface area contributed by atoms with Crippen LogP contribution in [-0.2, 0) is 9.59 Å². The van der Waals surface area contributed by atoms with Crippen LogP contribution in [0.4, 0.5) is 0 Å². The smallest absolute Gasteiger partial charge is 0.228 e. The molecule has 0 atom stereocenters. The number of benzene rings is 1. The molecule has 0 unspecified atom stereocenters. The number of carbonyl (C=O) groups excluding carboxylic acids is 3. The highest BCUT2D eigenvalue weighted by Gasteiger charge is 2.30. The van der Waals surface area contributed by atoms with Crippen LogP contribution >= 0.6 is 0 Å². The van der Waals surface area contributed by atoms with E-state index in [2.05, 4.69) is 0 Å². The summed E-state index contributed by atoms with van der Waals surface area (Å²) in [7, 11) is 0. The molecule has 2 amide bonds. The van der Waals surface area contributed by atoms with Gasteiger partial charge in [-0.25, -0.2) is 0 Å². The summed E-state index contributed by atoms with van der Waals surface area (Å²) < 4.78 is 0. The largest absolute Gasteiger partial charge is 0.339 e. The highest BCUT2D eigenvalue weighted by Crippen LogP contribution is 2.19. The van der Waals surface area contributed by atoms with Gasteiger partial charge in [-0.05, 0) is 6.92 Å². The summed E-state index contributed by atoms with van der Waals surface area (Å²) in [5.74, 6) is 0.104. The number of rotatable bonds is 4. The second-order valence-corrected chi connectivity index (χ2v) is 7.71. The van der Waals surface area contributed by atoms with Gasteiger partial charge in [0, 0.05) is 50.0 Å². The zero-order chi connectivity index (χ0) is 18.6. The van der Waals surface area contributed by atoms with Crippen LogP contribution in [0.1, 0.15) is 49.5 Å². The van der Waals surface area contributed by atoms with Gasteiger partial charge in [-0.2, -0.15) is 0 Å². The molecule has 0 aromatic heterocycles. The van der Waals surface area contributed by atoms with Crippen molar-refractivity contribution in [1.82, 2.24) is 9.80 Å². The van der Waals surface area contributed by atoms with E-state index in [1.165, 1.54) is 0 Å². The normalized spacial score (nSPS) is 15.2. The van der Waals surface area contributed by atoms with E-state index in [1.54, 1.807) is 17.0 Å². The third-order valence-corrected chi connectivity index (χ3v) is 4.50. The van der Waals surface area contributed by atoms with Crippen LogP contribution < -0.4 is 0 Å². The van der Waals surface area contributed by atoms with Crippen LogP contribution in [0, 0.1) is 12.3 Å². The molecule has 0 bridgehead atoms. The molecule has 0 aliphatic carbocycles. The Bertz CT molecular complexity index is 636. The van der Waals surface area contributed by atoms with E-state index in [9.17, 15) is 14.4 Å². The lowest BCUT2D eigenvalue weighted by molar-refractivity contribution is -0.144. The Morgan fingerprint density at radius 3 is 1.92 bits per heavy atom. The van der Waals surface area contributed by atoms with Crippen molar-refractivity contribution in [2.75, 3.05) is 26.2 Å². The van der Waals surface area contributed by atoms with Crippen LogP contribution in [0.3, 0.4) is 0 Å². The van der Waals surface area contributed by atoms with Gasteiger partial charge in [0.05, 0.1) is 0 Å². The van der Waals surface area contributed by atoms with Crippen LogP contribution in [0.25, 0.3) is 0 Å². The van der Waals surface area contributed by atoms with Crippen molar-refractivity contribution in [1.29, 1.82) is 0 Å². The fraction of sp³-hybridized carbons (Fsp3) is 0.550. The molecule has 1 fully saturated rings. The number of aryl methyl sites for hydroxylation is 1. The molecule has 0 radical (unpaired) electrons. The van der Waals surface area contributed by atoms with Crippen LogP contribution in [0.2, 0.25) is 0 Å². The van der Waals surface area contributed by atoms with Gasteiger partial charge in [-0.1, -0.05) is 50.6 Å². The lowest BCUT2D eigenvalue weighted by Crippen LogP contribution is -2.53. The predicted molar refractivity (Wildman–Crippen MR) is 97.4 cm³/mol. The molecule has 1 aliphatic rings. The Labute approximate surface area is 150 Å². The molecule has 2 rings (SSSR count). The maximum Gasteiger partial charge on any atom is 0.228 e. The number of piperazine rings is 1. The predicted octanol–water partition coefficient (Wildman–Crippen LogP) is 2.67. The van der Waals surface area contributed by atoms with Gasteiger partial charge in [-0.3, -0.25) is 14.4 Å².